The number of carbonyl (C=O) groups excluding carboxylic acids is 1. The number of hydrogen-bond donors (Lipinski definition) is 0. The number of esters is 1. The third-order valence-corrected chi connectivity index (χ3v) is 5.06. The Morgan fingerprint density at radius 2 is 1.65 bits per heavy atom. The van der Waals surface area contributed by atoms with Gasteiger partial charge in [-0.25, -0.2) is 0 Å². The molecule has 0 bridgehead atoms. The van der Waals surface area contributed by atoms with Gasteiger partial charge in [-0.15, -0.1) is 6.58 Å². The molecule has 2 aliphatic carbocycles. The van der Waals surface area contributed by atoms with E-state index in [1.165, 1.54) is 18.4 Å². The second-order valence-electron chi connectivity index (χ2n) is 7.20. The molecule has 0 aromatic rings. The van der Waals surface area contributed by atoms with Gasteiger partial charge in [0.25, 0.3) is 0 Å². The van der Waals surface area contributed by atoms with Gasteiger partial charge in [0.1, 0.15) is 6.10 Å². The Bertz CT molecular complexity index is 331. The van der Waals surface area contributed by atoms with E-state index in [2.05, 4.69) is 20.4 Å². The summed E-state index contributed by atoms with van der Waals surface area (Å²) in [6.45, 7) is 8.39. The summed E-state index contributed by atoms with van der Waals surface area (Å²) in [5, 5.41) is 0. The lowest BCUT2D eigenvalue weighted by molar-refractivity contribution is -0.157. The lowest BCUT2D eigenvalue weighted by atomic mass is 9.79. The lowest BCUT2D eigenvalue weighted by Gasteiger charge is -2.30. The average Bonchev–Trinajstić information content (AvgIpc) is 2.41. The van der Waals surface area contributed by atoms with Crippen molar-refractivity contribution in [3.05, 3.63) is 12.2 Å². The quantitative estimate of drug-likeness (QED) is 0.541. The van der Waals surface area contributed by atoms with Crippen LogP contribution < -0.4 is 0 Å². The third kappa shape index (κ3) is 4.64. The topological polar surface area (TPSA) is 26.3 Å². The predicted molar refractivity (Wildman–Crippen MR) is 82.4 cm³/mol. The molecule has 0 heterocycles. The van der Waals surface area contributed by atoms with E-state index in [0.29, 0.717) is 0 Å². The minimum absolute atomic E-state index is 0.0818. The highest BCUT2D eigenvalue weighted by atomic mass is 16.5. The lowest BCUT2D eigenvalue weighted by Crippen LogP contribution is -2.29. The van der Waals surface area contributed by atoms with E-state index < -0.39 is 0 Å². The Labute approximate surface area is 124 Å². The van der Waals surface area contributed by atoms with E-state index >= 15 is 0 Å². The third-order valence-electron chi connectivity index (χ3n) is 5.06. The minimum atomic E-state index is 0.0818. The average molecular weight is 278 g/mol. The van der Waals surface area contributed by atoms with E-state index in [1.54, 1.807) is 0 Å². The number of hydrogen-bond acceptors (Lipinski definition) is 2. The maximum atomic E-state index is 12.2. The Balaban J connectivity index is 1.70. The van der Waals surface area contributed by atoms with Crippen molar-refractivity contribution in [3.63, 3.8) is 0 Å². The van der Waals surface area contributed by atoms with Crippen LogP contribution >= 0.6 is 0 Å². The van der Waals surface area contributed by atoms with E-state index in [1.807, 2.05) is 0 Å². The predicted octanol–water partition coefficient (Wildman–Crippen LogP) is 4.88. The van der Waals surface area contributed by atoms with Gasteiger partial charge in [0.05, 0.1) is 5.92 Å². The first-order chi connectivity index (χ1) is 9.54. The van der Waals surface area contributed by atoms with Crippen LogP contribution in [0.2, 0.25) is 0 Å². The van der Waals surface area contributed by atoms with Crippen molar-refractivity contribution in [1.29, 1.82) is 0 Å². The molecule has 0 spiro atoms. The molecule has 2 saturated carbocycles. The van der Waals surface area contributed by atoms with Crippen molar-refractivity contribution in [1.82, 2.24) is 0 Å². The van der Waals surface area contributed by atoms with Gasteiger partial charge in [0.15, 0.2) is 0 Å². The molecule has 2 nitrogen and oxygen atoms in total. The van der Waals surface area contributed by atoms with Gasteiger partial charge in [0, 0.05) is 0 Å². The SMILES string of the molecule is C=C(C)CC1CCC(C(=O)OC2CCC(C)CC2)CC1. The Kier molecular flexibility index (Phi) is 5.68. The minimum Gasteiger partial charge on any atom is -0.462 e. The molecule has 2 fully saturated rings. The second-order valence-corrected chi connectivity index (χ2v) is 7.20. The fourth-order valence-electron chi connectivity index (χ4n) is 3.70. The van der Waals surface area contributed by atoms with Gasteiger partial charge in [-0.2, -0.15) is 0 Å². The highest BCUT2D eigenvalue weighted by Crippen LogP contribution is 2.34. The fraction of sp³-hybridized carbons (Fsp3) is 0.833. The Morgan fingerprint density at radius 1 is 1.05 bits per heavy atom. The first-order valence-corrected chi connectivity index (χ1v) is 8.39. The van der Waals surface area contributed by atoms with Crippen LogP contribution in [0.1, 0.15) is 71.6 Å². The summed E-state index contributed by atoms with van der Waals surface area (Å²) in [4.78, 5) is 12.2. The smallest absolute Gasteiger partial charge is 0.309 e. The zero-order chi connectivity index (χ0) is 14.5. The van der Waals surface area contributed by atoms with E-state index in [4.69, 9.17) is 4.74 Å². The largest absolute Gasteiger partial charge is 0.462 e. The summed E-state index contributed by atoms with van der Waals surface area (Å²) in [6, 6.07) is 0. The maximum Gasteiger partial charge on any atom is 0.309 e. The number of ether oxygens (including phenoxy) is 1. The van der Waals surface area contributed by atoms with Crippen molar-refractivity contribution in [2.75, 3.05) is 0 Å². The van der Waals surface area contributed by atoms with Crippen molar-refractivity contribution in [2.45, 2.75) is 77.7 Å². The monoisotopic (exact) mass is 278 g/mol. The van der Waals surface area contributed by atoms with Crippen LogP contribution in [0.5, 0.6) is 0 Å². The summed E-state index contributed by atoms with van der Waals surface area (Å²) in [5.74, 6) is 1.80. The van der Waals surface area contributed by atoms with Gasteiger partial charge in [0.2, 0.25) is 0 Å². The molecular weight excluding hydrogens is 248 g/mol. The molecule has 0 unspecified atom stereocenters. The van der Waals surface area contributed by atoms with Crippen LogP contribution in [0.4, 0.5) is 0 Å². The highest BCUT2D eigenvalue weighted by Gasteiger charge is 2.30. The van der Waals surface area contributed by atoms with Gasteiger partial charge >= 0.3 is 5.97 Å². The molecule has 2 heteroatoms. The number of rotatable bonds is 4. The Hall–Kier alpha value is -0.790. The summed E-state index contributed by atoms with van der Waals surface area (Å²) in [6.07, 6.45) is 10.2. The van der Waals surface area contributed by atoms with Crippen LogP contribution in [-0.4, -0.2) is 12.1 Å². The molecule has 0 amide bonds. The second kappa shape index (κ2) is 7.28. The van der Waals surface area contributed by atoms with E-state index in [0.717, 1.165) is 56.8 Å². The first kappa shape index (κ1) is 15.6. The molecule has 0 N–H and O–H groups in total. The number of carbonyl (C=O) groups is 1. The zero-order valence-electron chi connectivity index (χ0n) is 13.2. The standard InChI is InChI=1S/C18H30O2/c1-13(2)12-15-6-8-16(9-7-15)18(19)20-17-10-4-14(3)5-11-17/h14-17H,1,4-12H2,2-3H3. The van der Waals surface area contributed by atoms with Crippen LogP contribution in [0.25, 0.3) is 0 Å². The van der Waals surface area contributed by atoms with Gasteiger partial charge in [-0.3, -0.25) is 4.79 Å². The van der Waals surface area contributed by atoms with Gasteiger partial charge in [-0.05, 0) is 76.5 Å². The molecule has 0 saturated heterocycles. The number of allylic oxidation sites excluding steroid dienone is 1. The molecule has 20 heavy (non-hydrogen) atoms. The molecule has 0 aromatic heterocycles. The zero-order valence-corrected chi connectivity index (χ0v) is 13.2. The van der Waals surface area contributed by atoms with Gasteiger partial charge in [-0.1, -0.05) is 12.5 Å². The summed E-state index contributed by atoms with van der Waals surface area (Å²) in [5.41, 5.74) is 1.27. The summed E-state index contributed by atoms with van der Waals surface area (Å²) >= 11 is 0. The molecule has 2 aliphatic rings. The summed E-state index contributed by atoms with van der Waals surface area (Å²) < 4.78 is 5.74. The molecular formula is C18H30O2. The van der Waals surface area contributed by atoms with Crippen molar-refractivity contribution in [3.8, 4) is 0 Å². The van der Waals surface area contributed by atoms with Crippen molar-refractivity contribution < 1.29 is 9.53 Å². The van der Waals surface area contributed by atoms with Crippen molar-refractivity contribution >= 4 is 5.97 Å². The van der Waals surface area contributed by atoms with Crippen LogP contribution in [0.3, 0.4) is 0 Å². The van der Waals surface area contributed by atoms with E-state index in [-0.39, 0.29) is 18.0 Å². The molecule has 2 rings (SSSR count). The van der Waals surface area contributed by atoms with Gasteiger partial charge < -0.3 is 4.74 Å². The molecule has 0 radical (unpaired) electrons. The maximum absolute atomic E-state index is 12.2. The molecule has 114 valence electrons. The fourth-order valence-corrected chi connectivity index (χ4v) is 3.70. The molecule has 0 aromatic carbocycles. The summed E-state index contributed by atoms with van der Waals surface area (Å²) in [7, 11) is 0. The van der Waals surface area contributed by atoms with Crippen LogP contribution in [0, 0.1) is 17.8 Å². The van der Waals surface area contributed by atoms with E-state index in [9.17, 15) is 4.79 Å². The van der Waals surface area contributed by atoms with Crippen molar-refractivity contribution in [2.24, 2.45) is 17.8 Å². The van der Waals surface area contributed by atoms with Crippen LogP contribution in [0.15, 0.2) is 12.2 Å². The molecule has 0 atom stereocenters. The highest BCUT2D eigenvalue weighted by molar-refractivity contribution is 5.72. The Morgan fingerprint density at radius 3 is 2.20 bits per heavy atom. The normalized spacial score (nSPS) is 34.5. The van der Waals surface area contributed by atoms with Crippen LogP contribution in [-0.2, 0) is 9.53 Å². The molecule has 0 aliphatic heterocycles. The first-order valence-electron chi connectivity index (χ1n) is 8.39.